The molecule has 0 radical (unpaired) electrons. The first-order valence-electron chi connectivity index (χ1n) is 5.75. The molecule has 2 rings (SSSR count). The Hall–Kier alpha value is -1.69. The molecule has 0 atom stereocenters. The number of rotatable bonds is 3. The minimum atomic E-state index is -0.602. The Morgan fingerprint density at radius 1 is 1.19 bits per heavy atom. The summed E-state index contributed by atoms with van der Waals surface area (Å²) < 4.78 is 13.7. The van der Waals surface area contributed by atoms with Gasteiger partial charge in [0.15, 0.2) is 0 Å². The maximum absolute atomic E-state index is 13.7. The molecule has 0 saturated heterocycles. The Labute approximate surface area is 135 Å². The van der Waals surface area contributed by atoms with Gasteiger partial charge in [0.05, 0.1) is 21.3 Å². The zero-order valence-corrected chi connectivity index (χ0v) is 12.8. The summed E-state index contributed by atoms with van der Waals surface area (Å²) in [4.78, 5) is 12.0. The van der Waals surface area contributed by atoms with Gasteiger partial charge in [0.1, 0.15) is 10.8 Å². The van der Waals surface area contributed by atoms with Crippen LogP contribution in [0.25, 0.3) is 0 Å². The number of benzene rings is 2. The summed E-state index contributed by atoms with van der Waals surface area (Å²) in [5.41, 5.74) is 5.94. The van der Waals surface area contributed by atoms with E-state index in [4.69, 9.17) is 41.2 Å². The molecule has 0 spiro atoms. The minimum absolute atomic E-state index is 0.0130. The second kappa shape index (κ2) is 6.39. The number of nitrogens with one attached hydrogen (secondary N) is 1. The number of thiocarbonyl (C=S) groups is 1. The average molecular weight is 343 g/mol. The standard InChI is InChI=1S/C14H9Cl2FN2OS/c15-8-5-4-7(6-9(8)16)14(20)19-11-3-1-2-10(17)12(11)13(18)21/h1-6H,(H2,18,21)(H,19,20). The quantitative estimate of drug-likeness (QED) is 0.828. The highest BCUT2D eigenvalue weighted by Crippen LogP contribution is 2.24. The van der Waals surface area contributed by atoms with Gasteiger partial charge in [-0.25, -0.2) is 4.39 Å². The van der Waals surface area contributed by atoms with Crippen LogP contribution in [-0.4, -0.2) is 10.9 Å². The summed E-state index contributed by atoms with van der Waals surface area (Å²) in [6.07, 6.45) is 0. The fourth-order valence-corrected chi connectivity index (χ4v) is 2.22. The number of nitrogens with two attached hydrogens (primary N) is 1. The van der Waals surface area contributed by atoms with E-state index in [1.807, 2.05) is 0 Å². The molecule has 0 fully saturated rings. The second-order valence-corrected chi connectivity index (χ2v) is 5.36. The van der Waals surface area contributed by atoms with Gasteiger partial charge < -0.3 is 11.1 Å². The van der Waals surface area contributed by atoms with Crippen molar-refractivity contribution in [1.29, 1.82) is 0 Å². The molecule has 0 aliphatic heterocycles. The minimum Gasteiger partial charge on any atom is -0.389 e. The van der Waals surface area contributed by atoms with E-state index in [1.165, 1.54) is 36.4 Å². The van der Waals surface area contributed by atoms with Crippen molar-refractivity contribution in [2.24, 2.45) is 5.73 Å². The Balaban J connectivity index is 2.34. The summed E-state index contributed by atoms with van der Waals surface area (Å²) in [7, 11) is 0. The summed E-state index contributed by atoms with van der Waals surface area (Å²) in [6, 6.07) is 8.58. The van der Waals surface area contributed by atoms with Crippen molar-refractivity contribution >= 4 is 52.0 Å². The van der Waals surface area contributed by atoms with Crippen molar-refractivity contribution in [1.82, 2.24) is 0 Å². The smallest absolute Gasteiger partial charge is 0.255 e. The third-order valence-electron chi connectivity index (χ3n) is 2.69. The maximum Gasteiger partial charge on any atom is 0.255 e. The molecular formula is C14H9Cl2FN2OS. The number of halogens is 3. The Morgan fingerprint density at radius 3 is 2.52 bits per heavy atom. The lowest BCUT2D eigenvalue weighted by Gasteiger charge is -2.11. The van der Waals surface area contributed by atoms with Gasteiger partial charge in [-0.2, -0.15) is 0 Å². The molecule has 0 heterocycles. The molecular weight excluding hydrogens is 334 g/mol. The van der Waals surface area contributed by atoms with Crippen molar-refractivity contribution in [2.45, 2.75) is 0 Å². The van der Waals surface area contributed by atoms with Gasteiger partial charge in [-0.1, -0.05) is 41.5 Å². The van der Waals surface area contributed by atoms with Crippen LogP contribution in [0.2, 0.25) is 10.0 Å². The van der Waals surface area contributed by atoms with Crippen molar-refractivity contribution in [3.05, 3.63) is 63.4 Å². The van der Waals surface area contributed by atoms with Crippen LogP contribution in [0.3, 0.4) is 0 Å². The predicted octanol–water partition coefficient (Wildman–Crippen LogP) is 4.02. The highest BCUT2D eigenvalue weighted by Gasteiger charge is 2.15. The lowest BCUT2D eigenvalue weighted by molar-refractivity contribution is 0.102. The molecule has 0 saturated carbocycles. The largest absolute Gasteiger partial charge is 0.389 e. The molecule has 0 unspecified atom stereocenters. The molecule has 0 aliphatic rings. The third kappa shape index (κ3) is 3.50. The second-order valence-electron chi connectivity index (χ2n) is 4.11. The molecule has 0 aromatic heterocycles. The fourth-order valence-electron chi connectivity index (χ4n) is 1.71. The maximum atomic E-state index is 13.7. The lowest BCUT2D eigenvalue weighted by Crippen LogP contribution is -2.19. The number of hydrogen-bond donors (Lipinski definition) is 2. The lowest BCUT2D eigenvalue weighted by atomic mass is 10.1. The first kappa shape index (κ1) is 15.7. The highest BCUT2D eigenvalue weighted by molar-refractivity contribution is 7.80. The van der Waals surface area contributed by atoms with Crippen molar-refractivity contribution in [2.75, 3.05) is 5.32 Å². The van der Waals surface area contributed by atoms with E-state index in [2.05, 4.69) is 5.32 Å². The molecule has 3 N–H and O–H groups in total. The number of carbonyl (C=O) groups is 1. The SMILES string of the molecule is NC(=S)c1c(F)cccc1NC(=O)c1ccc(Cl)c(Cl)c1. The highest BCUT2D eigenvalue weighted by atomic mass is 35.5. The number of amides is 1. The molecule has 108 valence electrons. The molecule has 0 bridgehead atoms. The van der Waals surface area contributed by atoms with Crippen LogP contribution in [-0.2, 0) is 0 Å². The predicted molar refractivity (Wildman–Crippen MR) is 86.7 cm³/mol. The van der Waals surface area contributed by atoms with Crippen LogP contribution in [0.15, 0.2) is 36.4 Å². The van der Waals surface area contributed by atoms with Crippen molar-refractivity contribution < 1.29 is 9.18 Å². The molecule has 7 heteroatoms. The van der Waals surface area contributed by atoms with Gasteiger partial charge in [-0.05, 0) is 30.3 Å². The van der Waals surface area contributed by atoms with Gasteiger partial charge in [-0.3, -0.25) is 4.79 Å². The van der Waals surface area contributed by atoms with Crippen LogP contribution < -0.4 is 11.1 Å². The van der Waals surface area contributed by atoms with E-state index in [0.29, 0.717) is 5.02 Å². The van der Waals surface area contributed by atoms with Crippen molar-refractivity contribution in [3.8, 4) is 0 Å². The molecule has 3 nitrogen and oxygen atoms in total. The molecule has 0 aliphatic carbocycles. The van der Waals surface area contributed by atoms with Crippen LogP contribution in [0.4, 0.5) is 10.1 Å². The number of anilines is 1. The zero-order chi connectivity index (χ0) is 15.6. The van der Waals surface area contributed by atoms with E-state index >= 15 is 0 Å². The van der Waals surface area contributed by atoms with Crippen LogP contribution in [0, 0.1) is 5.82 Å². The van der Waals surface area contributed by atoms with Crippen LogP contribution in [0.5, 0.6) is 0 Å². The topological polar surface area (TPSA) is 55.1 Å². The zero-order valence-electron chi connectivity index (χ0n) is 10.5. The van der Waals surface area contributed by atoms with Crippen LogP contribution >= 0.6 is 35.4 Å². The summed E-state index contributed by atoms with van der Waals surface area (Å²) in [6.45, 7) is 0. The third-order valence-corrected chi connectivity index (χ3v) is 3.63. The monoisotopic (exact) mass is 342 g/mol. The first-order chi connectivity index (χ1) is 9.90. The summed E-state index contributed by atoms with van der Waals surface area (Å²) >= 11 is 16.4. The molecule has 21 heavy (non-hydrogen) atoms. The summed E-state index contributed by atoms with van der Waals surface area (Å²) in [5.74, 6) is -1.08. The van der Waals surface area contributed by atoms with Gasteiger partial charge >= 0.3 is 0 Å². The van der Waals surface area contributed by atoms with Gasteiger partial charge in [0.2, 0.25) is 0 Å². The Bertz CT molecular complexity index is 737. The number of hydrogen-bond acceptors (Lipinski definition) is 2. The molecule has 1 amide bonds. The van der Waals surface area contributed by atoms with Gasteiger partial charge in [0.25, 0.3) is 5.91 Å². The summed E-state index contributed by atoms with van der Waals surface area (Å²) in [5, 5.41) is 3.13. The Morgan fingerprint density at radius 2 is 1.90 bits per heavy atom. The van der Waals surface area contributed by atoms with E-state index < -0.39 is 11.7 Å². The number of carbonyl (C=O) groups excluding carboxylic acids is 1. The van der Waals surface area contributed by atoms with E-state index in [9.17, 15) is 9.18 Å². The fraction of sp³-hybridized carbons (Fsp3) is 0. The van der Waals surface area contributed by atoms with Crippen molar-refractivity contribution in [3.63, 3.8) is 0 Å². The van der Waals surface area contributed by atoms with E-state index in [-0.39, 0.29) is 26.8 Å². The normalized spacial score (nSPS) is 10.2. The molecule has 2 aromatic carbocycles. The van der Waals surface area contributed by atoms with E-state index in [1.54, 1.807) is 0 Å². The van der Waals surface area contributed by atoms with Gasteiger partial charge in [-0.15, -0.1) is 0 Å². The molecule has 2 aromatic rings. The van der Waals surface area contributed by atoms with E-state index in [0.717, 1.165) is 0 Å². The van der Waals surface area contributed by atoms with Gasteiger partial charge in [0, 0.05) is 5.56 Å². The van der Waals surface area contributed by atoms with Crippen LogP contribution in [0.1, 0.15) is 15.9 Å². The average Bonchev–Trinajstić information content (AvgIpc) is 2.41. The first-order valence-corrected chi connectivity index (χ1v) is 6.91. The Kier molecular flexibility index (Phi) is 4.77.